The zero-order valence-electron chi connectivity index (χ0n) is 22.8. The van der Waals surface area contributed by atoms with Crippen LogP contribution in [0.25, 0.3) is 0 Å². The van der Waals surface area contributed by atoms with Gasteiger partial charge in [0.25, 0.3) is 0 Å². The summed E-state index contributed by atoms with van der Waals surface area (Å²) in [5.41, 5.74) is 2.52. The molecule has 0 aliphatic heterocycles. The van der Waals surface area contributed by atoms with E-state index in [1.807, 2.05) is 13.8 Å². The number of carbonyl (C=O) groups is 1. The summed E-state index contributed by atoms with van der Waals surface area (Å²) < 4.78 is 5.88. The van der Waals surface area contributed by atoms with E-state index in [9.17, 15) is 4.79 Å². The van der Waals surface area contributed by atoms with Gasteiger partial charge >= 0.3 is 5.97 Å². The zero-order chi connectivity index (χ0) is 24.0. The largest absolute Gasteiger partial charge is 0.462 e. The molecule has 0 bridgehead atoms. The van der Waals surface area contributed by atoms with Crippen molar-refractivity contribution in [1.29, 1.82) is 0 Å². The lowest BCUT2D eigenvalue weighted by atomic mass is 9.47. The topological polar surface area (TPSA) is 26.3 Å². The molecule has 0 aromatic rings. The Morgan fingerprint density at radius 3 is 2.45 bits per heavy atom. The van der Waals surface area contributed by atoms with E-state index in [0.717, 1.165) is 48.3 Å². The maximum Gasteiger partial charge on any atom is 0.308 e. The molecule has 4 aliphatic carbocycles. The summed E-state index contributed by atoms with van der Waals surface area (Å²) in [6.07, 6.45) is 17.2. The van der Waals surface area contributed by atoms with E-state index in [-0.39, 0.29) is 18.0 Å². The Hall–Kier alpha value is -0.790. The Bertz CT molecular complexity index is 735. The van der Waals surface area contributed by atoms with E-state index in [0.29, 0.717) is 10.8 Å². The Morgan fingerprint density at radius 2 is 1.76 bits per heavy atom. The van der Waals surface area contributed by atoms with Crippen molar-refractivity contribution in [2.24, 2.45) is 52.3 Å². The van der Waals surface area contributed by atoms with Crippen LogP contribution in [0.2, 0.25) is 0 Å². The van der Waals surface area contributed by atoms with E-state index in [1.54, 1.807) is 5.57 Å². The van der Waals surface area contributed by atoms with Crippen LogP contribution in [0.3, 0.4) is 0 Å². The molecule has 4 aliphatic rings. The SMILES string of the molecule is CC(C)CCCC(C)[C@H]1CCC2C3CC=C4C[C@@H](OC(=O)C(C)C)CC[C@]4(C)C3CC[C@@]21C. The first-order valence-corrected chi connectivity index (χ1v) is 14.5. The second kappa shape index (κ2) is 9.69. The van der Waals surface area contributed by atoms with Gasteiger partial charge in [0.05, 0.1) is 5.92 Å². The second-order valence-corrected chi connectivity index (χ2v) is 13.7. The minimum Gasteiger partial charge on any atom is -0.462 e. The van der Waals surface area contributed by atoms with Gasteiger partial charge in [-0.3, -0.25) is 4.79 Å². The van der Waals surface area contributed by atoms with Crippen LogP contribution >= 0.6 is 0 Å². The normalized spacial score (nSPS) is 41.2. The second-order valence-electron chi connectivity index (χ2n) is 13.7. The minimum absolute atomic E-state index is 0.0224. The first-order chi connectivity index (χ1) is 15.6. The van der Waals surface area contributed by atoms with Crippen molar-refractivity contribution >= 4 is 5.97 Å². The number of hydrogen-bond acceptors (Lipinski definition) is 2. The molecule has 8 atom stereocenters. The molecule has 0 amide bonds. The van der Waals surface area contributed by atoms with Crippen LogP contribution < -0.4 is 0 Å². The van der Waals surface area contributed by atoms with Gasteiger partial charge < -0.3 is 4.74 Å². The highest BCUT2D eigenvalue weighted by atomic mass is 16.5. The molecule has 0 N–H and O–H groups in total. The predicted molar refractivity (Wildman–Crippen MR) is 138 cm³/mol. The van der Waals surface area contributed by atoms with Crippen LogP contribution in [0.1, 0.15) is 119 Å². The molecule has 4 unspecified atom stereocenters. The predicted octanol–water partition coefficient (Wildman–Crippen LogP) is 8.60. The third-order valence-electron chi connectivity index (χ3n) is 11.0. The van der Waals surface area contributed by atoms with Crippen LogP contribution in [0.5, 0.6) is 0 Å². The fourth-order valence-electron chi connectivity index (χ4n) is 9.05. The smallest absolute Gasteiger partial charge is 0.308 e. The van der Waals surface area contributed by atoms with Crippen LogP contribution in [-0.2, 0) is 9.53 Å². The quantitative estimate of drug-likeness (QED) is 0.283. The van der Waals surface area contributed by atoms with Gasteiger partial charge in [0.1, 0.15) is 6.10 Å². The molecule has 0 aromatic carbocycles. The molecule has 3 fully saturated rings. The van der Waals surface area contributed by atoms with Gasteiger partial charge in [-0.25, -0.2) is 0 Å². The fraction of sp³-hybridized carbons (Fsp3) is 0.903. The summed E-state index contributed by atoms with van der Waals surface area (Å²) in [4.78, 5) is 12.2. The van der Waals surface area contributed by atoms with Gasteiger partial charge in [0.15, 0.2) is 0 Å². The van der Waals surface area contributed by atoms with Gasteiger partial charge in [-0.1, -0.05) is 79.4 Å². The van der Waals surface area contributed by atoms with Gasteiger partial charge in [-0.05, 0) is 91.3 Å². The molecule has 3 saturated carbocycles. The van der Waals surface area contributed by atoms with E-state index in [4.69, 9.17) is 4.74 Å². The van der Waals surface area contributed by atoms with Crippen LogP contribution in [0.15, 0.2) is 11.6 Å². The number of fused-ring (bicyclic) bond motifs is 5. The first kappa shape index (κ1) is 25.3. The summed E-state index contributed by atoms with van der Waals surface area (Å²) >= 11 is 0. The number of rotatable bonds is 7. The van der Waals surface area contributed by atoms with Gasteiger partial charge in [-0.15, -0.1) is 0 Å². The highest BCUT2D eigenvalue weighted by Crippen LogP contribution is 2.67. The fourth-order valence-corrected chi connectivity index (χ4v) is 9.05. The lowest BCUT2D eigenvalue weighted by molar-refractivity contribution is -0.155. The molecule has 2 nitrogen and oxygen atoms in total. The van der Waals surface area contributed by atoms with Crippen LogP contribution in [-0.4, -0.2) is 12.1 Å². The number of ether oxygens (including phenoxy) is 1. The van der Waals surface area contributed by atoms with E-state index in [2.05, 4.69) is 40.7 Å². The monoisotopic (exact) mass is 456 g/mol. The summed E-state index contributed by atoms with van der Waals surface area (Å²) in [6.45, 7) is 16.5. The summed E-state index contributed by atoms with van der Waals surface area (Å²) in [5.74, 6) is 5.24. The Balaban J connectivity index is 1.45. The molecule has 0 spiro atoms. The summed E-state index contributed by atoms with van der Waals surface area (Å²) in [6, 6.07) is 0. The minimum atomic E-state index is -0.0258. The zero-order valence-corrected chi connectivity index (χ0v) is 22.8. The molecule has 0 radical (unpaired) electrons. The van der Waals surface area contributed by atoms with Crippen LogP contribution in [0, 0.1) is 52.3 Å². The average Bonchev–Trinajstić information content (AvgIpc) is 3.11. The van der Waals surface area contributed by atoms with Gasteiger partial charge in [0, 0.05) is 6.42 Å². The number of allylic oxidation sites excluding steroid dienone is 1. The molecule has 4 rings (SSSR count). The summed E-state index contributed by atoms with van der Waals surface area (Å²) in [5, 5.41) is 0. The first-order valence-electron chi connectivity index (χ1n) is 14.5. The molecule has 0 saturated heterocycles. The van der Waals surface area contributed by atoms with Gasteiger partial charge in [-0.2, -0.15) is 0 Å². The summed E-state index contributed by atoms with van der Waals surface area (Å²) in [7, 11) is 0. The van der Waals surface area contributed by atoms with Crippen molar-refractivity contribution < 1.29 is 9.53 Å². The lowest BCUT2D eigenvalue weighted by Gasteiger charge is -2.58. The van der Waals surface area contributed by atoms with Gasteiger partial charge in [0.2, 0.25) is 0 Å². The standard InChI is InChI=1S/C31H52O2/c1-20(2)9-8-10-22(5)26-13-14-27-25-12-11-23-19-24(33-29(32)21(3)4)15-17-30(23,6)28(25)16-18-31(26,27)7/h11,20-22,24-28H,8-10,12-19H2,1-7H3/t22?,24-,25?,26+,27?,28?,30-,31+/m0/s1. The third kappa shape index (κ3) is 4.71. The van der Waals surface area contributed by atoms with E-state index >= 15 is 0 Å². The molecular formula is C31H52O2. The molecule has 0 heterocycles. The van der Waals surface area contributed by atoms with Crippen molar-refractivity contribution in [3.63, 3.8) is 0 Å². The Labute approximate surface area is 204 Å². The number of carbonyl (C=O) groups excluding carboxylic acids is 1. The lowest BCUT2D eigenvalue weighted by Crippen LogP contribution is -2.51. The molecule has 0 aromatic heterocycles. The highest BCUT2D eigenvalue weighted by molar-refractivity contribution is 5.71. The van der Waals surface area contributed by atoms with Crippen molar-refractivity contribution in [3.8, 4) is 0 Å². The third-order valence-corrected chi connectivity index (χ3v) is 11.0. The van der Waals surface area contributed by atoms with Crippen molar-refractivity contribution in [2.75, 3.05) is 0 Å². The van der Waals surface area contributed by atoms with Crippen LogP contribution in [0.4, 0.5) is 0 Å². The molecular weight excluding hydrogens is 404 g/mol. The maximum atomic E-state index is 12.2. The molecule has 188 valence electrons. The molecule has 33 heavy (non-hydrogen) atoms. The van der Waals surface area contributed by atoms with E-state index in [1.165, 1.54) is 57.8 Å². The number of esters is 1. The maximum absolute atomic E-state index is 12.2. The highest BCUT2D eigenvalue weighted by Gasteiger charge is 2.59. The van der Waals surface area contributed by atoms with Crippen molar-refractivity contribution in [2.45, 2.75) is 125 Å². The molecule has 2 heteroatoms. The van der Waals surface area contributed by atoms with Crippen molar-refractivity contribution in [3.05, 3.63) is 11.6 Å². The Morgan fingerprint density at radius 1 is 1.00 bits per heavy atom. The van der Waals surface area contributed by atoms with Crippen molar-refractivity contribution in [1.82, 2.24) is 0 Å². The Kier molecular flexibility index (Phi) is 7.43. The average molecular weight is 457 g/mol. The van der Waals surface area contributed by atoms with E-state index < -0.39 is 0 Å². The number of hydrogen-bond donors (Lipinski definition) is 0.